The van der Waals surface area contributed by atoms with Crippen LogP contribution in [-0.4, -0.2) is 43.4 Å². The summed E-state index contributed by atoms with van der Waals surface area (Å²) in [7, 11) is -4.07. The molecule has 4 rings (SSSR count). The third-order valence-electron chi connectivity index (χ3n) is 6.19. The lowest BCUT2D eigenvalue weighted by Crippen LogP contribution is -2.41. The minimum atomic E-state index is -4.07. The lowest BCUT2D eigenvalue weighted by Gasteiger charge is -2.27. The molecule has 0 bridgehead atoms. The summed E-state index contributed by atoms with van der Waals surface area (Å²) in [6.45, 7) is 2.94. The van der Waals surface area contributed by atoms with Crippen molar-refractivity contribution in [1.29, 1.82) is 0 Å². The molecule has 168 valence electrons. The van der Waals surface area contributed by atoms with Gasteiger partial charge in [0.15, 0.2) is 0 Å². The summed E-state index contributed by atoms with van der Waals surface area (Å²) in [5, 5.41) is 3.30. The summed E-state index contributed by atoms with van der Waals surface area (Å²) in [6, 6.07) is 17.0. The molecule has 0 aromatic heterocycles. The number of carbonyl (C=O) groups excluding carboxylic acids is 1. The monoisotopic (exact) mass is 464 g/mol. The van der Waals surface area contributed by atoms with Crippen LogP contribution in [0, 0.1) is 0 Å². The van der Waals surface area contributed by atoms with E-state index in [-0.39, 0.29) is 24.4 Å². The maximum Gasteiger partial charge on any atom is 0.269 e. The van der Waals surface area contributed by atoms with Crippen LogP contribution in [-0.2, 0) is 26.1 Å². The molecule has 1 aliphatic heterocycles. The van der Waals surface area contributed by atoms with Gasteiger partial charge in [-0.15, -0.1) is 12.4 Å². The Morgan fingerprint density at radius 2 is 1.65 bits per heavy atom. The third-order valence-corrected chi connectivity index (χ3v) is 6.89. The maximum absolute atomic E-state index is 13.3. The van der Waals surface area contributed by atoms with Crippen LogP contribution in [0.4, 0.5) is 0 Å². The van der Waals surface area contributed by atoms with Gasteiger partial charge in [0.2, 0.25) is 5.91 Å². The van der Waals surface area contributed by atoms with Crippen molar-refractivity contribution in [2.45, 2.75) is 42.9 Å². The van der Waals surface area contributed by atoms with Gasteiger partial charge in [0.25, 0.3) is 10.1 Å². The molecule has 1 saturated heterocycles. The second-order valence-corrected chi connectivity index (χ2v) is 9.90. The number of nitrogens with one attached hydrogen (secondary N) is 1. The van der Waals surface area contributed by atoms with Crippen molar-refractivity contribution < 1.29 is 17.8 Å². The molecule has 1 heterocycles. The van der Waals surface area contributed by atoms with Gasteiger partial charge in [-0.1, -0.05) is 54.6 Å². The highest BCUT2D eigenvalue weighted by molar-refractivity contribution is 7.85. The van der Waals surface area contributed by atoms with E-state index in [1.54, 1.807) is 12.1 Å². The summed E-state index contributed by atoms with van der Waals surface area (Å²) < 4.78 is 31.2. The second kappa shape index (κ2) is 9.69. The van der Waals surface area contributed by atoms with E-state index in [9.17, 15) is 13.2 Å². The van der Waals surface area contributed by atoms with Gasteiger partial charge >= 0.3 is 0 Å². The summed E-state index contributed by atoms with van der Waals surface area (Å²) in [5.41, 5.74) is 1.96. The molecule has 1 atom stereocenters. The van der Waals surface area contributed by atoms with Crippen LogP contribution >= 0.6 is 12.4 Å². The van der Waals surface area contributed by atoms with Gasteiger partial charge < -0.3 is 10.2 Å². The molecule has 1 amide bonds. The Kier molecular flexibility index (Phi) is 7.42. The van der Waals surface area contributed by atoms with Gasteiger partial charge in [0.1, 0.15) is 5.75 Å². The molecule has 2 aliphatic rings. The molecular weight excluding hydrogens is 436 g/mol. The molecule has 2 N–H and O–H groups in total. The van der Waals surface area contributed by atoms with E-state index in [0.29, 0.717) is 5.56 Å². The zero-order valence-electron chi connectivity index (χ0n) is 17.4. The largest absolute Gasteiger partial charge is 0.347 e. The fourth-order valence-electron chi connectivity index (χ4n) is 4.34. The predicted molar refractivity (Wildman–Crippen MR) is 123 cm³/mol. The number of halogens is 1. The van der Waals surface area contributed by atoms with Crippen LogP contribution in [0.2, 0.25) is 0 Å². The molecule has 1 aliphatic carbocycles. The average Bonchev–Trinajstić information content (AvgIpc) is 3.37. The molecule has 2 aromatic rings. The Bertz CT molecular complexity index is 986. The highest BCUT2D eigenvalue weighted by Crippen LogP contribution is 2.48. The Labute approximate surface area is 190 Å². The second-order valence-electron chi connectivity index (χ2n) is 8.45. The zero-order chi connectivity index (χ0) is 21.2. The van der Waals surface area contributed by atoms with Crippen LogP contribution in [0.1, 0.15) is 48.4 Å². The zero-order valence-corrected chi connectivity index (χ0v) is 19.0. The Hall–Kier alpha value is -1.93. The van der Waals surface area contributed by atoms with Gasteiger partial charge in [0, 0.05) is 6.54 Å². The van der Waals surface area contributed by atoms with E-state index in [0.717, 1.165) is 43.6 Å². The van der Waals surface area contributed by atoms with Gasteiger partial charge in [-0.05, 0) is 55.5 Å². The van der Waals surface area contributed by atoms with E-state index in [1.165, 1.54) is 12.8 Å². The van der Waals surface area contributed by atoms with Crippen molar-refractivity contribution >= 4 is 28.4 Å². The average molecular weight is 465 g/mol. The Balaban J connectivity index is 0.00000272. The van der Waals surface area contributed by atoms with E-state index < -0.39 is 21.3 Å². The normalized spacial score (nSPS) is 18.7. The Morgan fingerprint density at radius 1 is 1.03 bits per heavy atom. The molecule has 6 nitrogen and oxygen atoms in total. The fraction of sp³-hybridized carbons (Fsp3) is 0.435. The first-order valence-corrected chi connectivity index (χ1v) is 12.1. The lowest BCUT2D eigenvalue weighted by atomic mass is 9.93. The summed E-state index contributed by atoms with van der Waals surface area (Å²) in [4.78, 5) is 15.7. The molecule has 2 aromatic carbocycles. The number of carbonyl (C=O) groups is 1. The number of hydrogen-bond donors (Lipinski definition) is 2. The van der Waals surface area contributed by atoms with E-state index in [1.807, 2.05) is 30.3 Å². The predicted octanol–water partition coefficient (Wildman–Crippen LogP) is 3.48. The topological polar surface area (TPSA) is 86.7 Å². The van der Waals surface area contributed by atoms with Crippen molar-refractivity contribution in [2.24, 2.45) is 0 Å². The van der Waals surface area contributed by atoms with E-state index >= 15 is 0 Å². The summed E-state index contributed by atoms with van der Waals surface area (Å²) in [6.07, 6.45) is 3.97. The Morgan fingerprint density at radius 3 is 2.19 bits per heavy atom. The molecule has 0 spiro atoms. The van der Waals surface area contributed by atoms with Gasteiger partial charge in [-0.25, -0.2) is 0 Å². The SMILES string of the molecule is Cl.O=C(NC(CN1CCCC1)c1ccccc1)C1(c2ccc(CS(=O)(=O)O)cc2)CC1. The minimum Gasteiger partial charge on any atom is -0.347 e. The van der Waals surface area contributed by atoms with Gasteiger partial charge in [0.05, 0.1) is 11.5 Å². The van der Waals surface area contributed by atoms with Crippen LogP contribution in [0.25, 0.3) is 0 Å². The first kappa shape index (κ1) is 23.7. The highest BCUT2D eigenvalue weighted by atomic mass is 35.5. The smallest absolute Gasteiger partial charge is 0.269 e. The molecule has 1 saturated carbocycles. The van der Waals surface area contributed by atoms with Crippen LogP contribution in [0.5, 0.6) is 0 Å². The first-order chi connectivity index (χ1) is 14.4. The lowest BCUT2D eigenvalue weighted by molar-refractivity contribution is -0.124. The highest BCUT2D eigenvalue weighted by Gasteiger charge is 2.51. The molecule has 8 heteroatoms. The van der Waals surface area contributed by atoms with Crippen molar-refractivity contribution in [3.05, 3.63) is 71.3 Å². The number of likely N-dealkylation sites (tertiary alicyclic amines) is 1. The van der Waals surface area contributed by atoms with Crippen LogP contribution < -0.4 is 5.32 Å². The number of hydrogen-bond acceptors (Lipinski definition) is 4. The first-order valence-electron chi connectivity index (χ1n) is 10.5. The van der Waals surface area contributed by atoms with E-state index in [2.05, 4.69) is 22.3 Å². The summed E-state index contributed by atoms with van der Waals surface area (Å²) >= 11 is 0. The van der Waals surface area contributed by atoms with Crippen molar-refractivity contribution in [1.82, 2.24) is 10.2 Å². The van der Waals surface area contributed by atoms with Gasteiger partial charge in [-0.3, -0.25) is 9.35 Å². The number of nitrogens with zero attached hydrogens (tertiary/aromatic N) is 1. The molecule has 0 radical (unpaired) electrons. The van der Waals surface area contributed by atoms with Crippen LogP contribution in [0.15, 0.2) is 54.6 Å². The summed E-state index contributed by atoms with van der Waals surface area (Å²) in [5.74, 6) is -0.392. The van der Waals surface area contributed by atoms with Crippen molar-refractivity contribution in [2.75, 3.05) is 19.6 Å². The fourth-order valence-corrected chi connectivity index (χ4v) is 4.96. The maximum atomic E-state index is 13.3. The van der Waals surface area contributed by atoms with Crippen molar-refractivity contribution in [3.8, 4) is 0 Å². The molecule has 31 heavy (non-hydrogen) atoms. The standard InChI is InChI=1S/C23H28N2O4S.ClH/c26-22(23(12-13-23)20-10-8-18(9-11-20)17-30(27,28)29)24-21(16-25-14-4-5-15-25)19-6-2-1-3-7-19;/h1-3,6-11,21H,4-5,12-17H2,(H,24,26)(H,27,28,29);1H. The molecule has 1 unspecified atom stereocenters. The van der Waals surface area contributed by atoms with E-state index in [4.69, 9.17) is 4.55 Å². The minimum absolute atomic E-state index is 0. The van der Waals surface area contributed by atoms with Crippen LogP contribution in [0.3, 0.4) is 0 Å². The number of amides is 1. The quantitative estimate of drug-likeness (QED) is 0.584. The third kappa shape index (κ3) is 5.86. The van der Waals surface area contributed by atoms with Crippen molar-refractivity contribution in [3.63, 3.8) is 0 Å². The molecular formula is C23H29ClN2O4S. The number of benzene rings is 2. The number of rotatable bonds is 8. The van der Waals surface area contributed by atoms with Gasteiger partial charge in [-0.2, -0.15) is 8.42 Å². The molecule has 2 fully saturated rings.